The first-order valence-electron chi connectivity index (χ1n) is 7.61. The summed E-state index contributed by atoms with van der Waals surface area (Å²) < 4.78 is 5.21. The predicted octanol–water partition coefficient (Wildman–Crippen LogP) is 2.73. The number of amides is 1. The smallest absolute Gasteiger partial charge is 0.270 e. The topological polar surface area (TPSA) is 80.0 Å². The van der Waals surface area contributed by atoms with Crippen molar-refractivity contribution in [3.8, 4) is 0 Å². The molecular weight excluding hydrogens is 292 g/mol. The van der Waals surface area contributed by atoms with Crippen molar-refractivity contribution < 1.29 is 9.21 Å². The molecule has 1 aliphatic carbocycles. The van der Waals surface area contributed by atoms with Crippen LogP contribution in [0.15, 0.2) is 47.3 Å². The van der Waals surface area contributed by atoms with Crippen LogP contribution in [0.5, 0.6) is 0 Å². The fourth-order valence-corrected chi connectivity index (χ4v) is 2.39. The van der Waals surface area contributed by atoms with Gasteiger partial charge in [-0.15, -0.1) is 0 Å². The lowest BCUT2D eigenvalue weighted by Crippen LogP contribution is -2.23. The second kappa shape index (κ2) is 5.72. The maximum atomic E-state index is 12.3. The zero-order chi connectivity index (χ0) is 15.6. The zero-order valence-electron chi connectivity index (χ0n) is 12.5. The van der Waals surface area contributed by atoms with Crippen LogP contribution in [0.4, 0.5) is 5.69 Å². The Hall–Kier alpha value is -2.89. The van der Waals surface area contributed by atoms with Crippen LogP contribution in [-0.2, 0) is 6.54 Å². The first-order chi connectivity index (χ1) is 11.3. The maximum Gasteiger partial charge on any atom is 0.270 e. The van der Waals surface area contributed by atoms with Crippen molar-refractivity contribution in [3.63, 3.8) is 0 Å². The van der Waals surface area contributed by atoms with Crippen LogP contribution in [-0.4, -0.2) is 21.9 Å². The summed E-state index contributed by atoms with van der Waals surface area (Å²) in [5.41, 5.74) is 2.04. The first-order valence-corrected chi connectivity index (χ1v) is 7.61. The molecule has 1 aliphatic rings. The Morgan fingerprint density at radius 2 is 2.17 bits per heavy atom. The van der Waals surface area contributed by atoms with E-state index in [9.17, 15) is 4.79 Å². The molecule has 1 saturated carbocycles. The Labute approximate surface area is 132 Å². The van der Waals surface area contributed by atoms with Crippen LogP contribution in [0.1, 0.15) is 29.1 Å². The summed E-state index contributed by atoms with van der Waals surface area (Å²) in [5, 5.41) is 7.13. The largest absolute Gasteiger partial charge is 0.467 e. The van der Waals surface area contributed by atoms with Gasteiger partial charge in [0.1, 0.15) is 11.5 Å². The van der Waals surface area contributed by atoms with E-state index < -0.39 is 0 Å². The number of nitrogens with zero attached hydrogens (tertiary/aromatic N) is 2. The molecule has 0 radical (unpaired) electrons. The van der Waals surface area contributed by atoms with Gasteiger partial charge >= 0.3 is 0 Å². The molecule has 0 spiro atoms. The van der Waals surface area contributed by atoms with Crippen molar-refractivity contribution in [1.29, 1.82) is 0 Å². The van der Waals surface area contributed by atoms with E-state index in [0.717, 1.165) is 16.6 Å². The minimum atomic E-state index is -0.225. The number of pyridine rings is 2. The van der Waals surface area contributed by atoms with Crippen LogP contribution in [0.2, 0.25) is 0 Å². The van der Waals surface area contributed by atoms with Gasteiger partial charge in [0, 0.05) is 17.6 Å². The summed E-state index contributed by atoms with van der Waals surface area (Å²) >= 11 is 0. The number of furan rings is 1. The monoisotopic (exact) mass is 308 g/mol. The van der Waals surface area contributed by atoms with Gasteiger partial charge in [-0.1, -0.05) is 0 Å². The molecule has 23 heavy (non-hydrogen) atoms. The quantitative estimate of drug-likeness (QED) is 0.757. The Balaban J connectivity index is 1.58. The highest BCUT2D eigenvalue weighted by atomic mass is 16.3. The highest BCUT2D eigenvalue weighted by Crippen LogP contribution is 2.28. The SMILES string of the molecule is O=C(NCc1ccco1)c1ccc2cncc(NC3CC3)c2n1. The minimum Gasteiger partial charge on any atom is -0.467 e. The molecule has 4 rings (SSSR count). The summed E-state index contributed by atoms with van der Waals surface area (Å²) in [4.78, 5) is 21.0. The lowest BCUT2D eigenvalue weighted by atomic mass is 10.2. The van der Waals surface area contributed by atoms with Gasteiger partial charge in [0.25, 0.3) is 5.91 Å². The lowest BCUT2D eigenvalue weighted by Gasteiger charge is -2.09. The van der Waals surface area contributed by atoms with E-state index in [0.29, 0.717) is 24.0 Å². The third-order valence-electron chi connectivity index (χ3n) is 3.77. The summed E-state index contributed by atoms with van der Waals surface area (Å²) in [5.74, 6) is 0.483. The number of nitrogens with one attached hydrogen (secondary N) is 2. The Morgan fingerprint density at radius 3 is 2.96 bits per heavy atom. The predicted molar refractivity (Wildman–Crippen MR) is 86.1 cm³/mol. The number of carbonyl (C=O) groups is 1. The third-order valence-corrected chi connectivity index (χ3v) is 3.77. The van der Waals surface area contributed by atoms with Gasteiger partial charge in [0.2, 0.25) is 0 Å². The average molecular weight is 308 g/mol. The summed E-state index contributed by atoms with van der Waals surface area (Å²) in [6, 6.07) is 7.69. The van der Waals surface area contributed by atoms with Gasteiger partial charge in [-0.25, -0.2) is 4.98 Å². The van der Waals surface area contributed by atoms with Crippen molar-refractivity contribution in [3.05, 3.63) is 54.4 Å². The fraction of sp³-hybridized carbons (Fsp3) is 0.235. The molecule has 0 saturated heterocycles. The van der Waals surface area contributed by atoms with E-state index in [1.54, 1.807) is 30.8 Å². The number of hydrogen-bond acceptors (Lipinski definition) is 5. The van der Waals surface area contributed by atoms with E-state index in [2.05, 4.69) is 20.6 Å². The molecule has 1 fully saturated rings. The highest BCUT2D eigenvalue weighted by Gasteiger charge is 2.22. The summed E-state index contributed by atoms with van der Waals surface area (Å²) in [6.45, 7) is 0.342. The minimum absolute atomic E-state index is 0.225. The van der Waals surface area contributed by atoms with Crippen molar-refractivity contribution in [1.82, 2.24) is 15.3 Å². The molecule has 2 N–H and O–H groups in total. The van der Waals surface area contributed by atoms with Gasteiger partial charge in [0.15, 0.2) is 0 Å². The molecule has 0 aliphatic heterocycles. The number of fused-ring (bicyclic) bond motifs is 1. The lowest BCUT2D eigenvalue weighted by molar-refractivity contribution is 0.0943. The van der Waals surface area contributed by atoms with Crippen LogP contribution >= 0.6 is 0 Å². The van der Waals surface area contributed by atoms with Crippen molar-refractivity contribution >= 4 is 22.5 Å². The van der Waals surface area contributed by atoms with Gasteiger partial charge in [0.05, 0.1) is 30.2 Å². The van der Waals surface area contributed by atoms with Crippen molar-refractivity contribution in [2.24, 2.45) is 0 Å². The molecule has 6 heteroatoms. The molecule has 0 unspecified atom stereocenters. The second-order valence-electron chi connectivity index (χ2n) is 5.64. The number of hydrogen-bond donors (Lipinski definition) is 2. The Kier molecular flexibility index (Phi) is 3.42. The molecule has 1 amide bonds. The molecule has 0 aromatic carbocycles. The van der Waals surface area contributed by atoms with Gasteiger partial charge in [-0.3, -0.25) is 9.78 Å². The van der Waals surface area contributed by atoms with Gasteiger partial charge in [-0.05, 0) is 37.1 Å². The second-order valence-corrected chi connectivity index (χ2v) is 5.64. The standard InChI is InChI=1S/C17H16N4O2/c22-17(19-9-13-2-1-7-23-13)14-6-3-11-8-18-10-15(16(11)21-14)20-12-4-5-12/h1-3,6-8,10,12,20H,4-5,9H2,(H,19,22). The third kappa shape index (κ3) is 3.01. The molecule has 3 aromatic heterocycles. The zero-order valence-corrected chi connectivity index (χ0v) is 12.5. The maximum absolute atomic E-state index is 12.3. The van der Waals surface area contributed by atoms with Crippen LogP contribution in [0.25, 0.3) is 10.9 Å². The molecule has 116 valence electrons. The normalized spacial score (nSPS) is 13.9. The molecule has 0 atom stereocenters. The number of aromatic nitrogens is 2. The van der Waals surface area contributed by atoms with Crippen molar-refractivity contribution in [2.75, 3.05) is 5.32 Å². The molecular formula is C17H16N4O2. The molecule has 0 bridgehead atoms. The number of rotatable bonds is 5. The molecule has 3 heterocycles. The van der Waals surface area contributed by atoms with E-state index in [4.69, 9.17) is 4.42 Å². The highest BCUT2D eigenvalue weighted by molar-refractivity contribution is 5.97. The Bertz CT molecular complexity index is 841. The Morgan fingerprint density at radius 1 is 1.26 bits per heavy atom. The van der Waals surface area contributed by atoms with E-state index >= 15 is 0 Å². The fourth-order valence-electron chi connectivity index (χ4n) is 2.39. The average Bonchev–Trinajstić information content (AvgIpc) is 3.24. The summed E-state index contributed by atoms with van der Waals surface area (Å²) in [6.07, 6.45) is 7.43. The van der Waals surface area contributed by atoms with E-state index in [1.165, 1.54) is 12.8 Å². The van der Waals surface area contributed by atoms with Gasteiger partial charge in [-0.2, -0.15) is 0 Å². The number of anilines is 1. The first kappa shape index (κ1) is 13.8. The van der Waals surface area contributed by atoms with E-state index in [1.807, 2.05) is 12.1 Å². The van der Waals surface area contributed by atoms with Crippen LogP contribution in [0, 0.1) is 0 Å². The van der Waals surface area contributed by atoms with Crippen molar-refractivity contribution in [2.45, 2.75) is 25.4 Å². The van der Waals surface area contributed by atoms with E-state index in [-0.39, 0.29) is 5.91 Å². The van der Waals surface area contributed by atoms with Gasteiger partial charge < -0.3 is 15.1 Å². The number of carbonyl (C=O) groups excluding carboxylic acids is 1. The van der Waals surface area contributed by atoms with Crippen LogP contribution in [0.3, 0.4) is 0 Å². The summed E-state index contributed by atoms with van der Waals surface area (Å²) in [7, 11) is 0. The molecule has 3 aromatic rings. The van der Waals surface area contributed by atoms with Crippen LogP contribution < -0.4 is 10.6 Å². The molecule has 6 nitrogen and oxygen atoms in total.